The molecule has 0 unspecified atom stereocenters. The van der Waals surface area contributed by atoms with Crippen molar-refractivity contribution in [2.45, 2.75) is 12.8 Å². The van der Waals surface area contributed by atoms with Gasteiger partial charge in [0.05, 0.1) is 0 Å². The summed E-state index contributed by atoms with van der Waals surface area (Å²) in [6, 6.07) is 5.79. The van der Waals surface area contributed by atoms with Crippen molar-refractivity contribution in [2.24, 2.45) is 0 Å². The minimum absolute atomic E-state index is 0.724. The third-order valence-electron chi connectivity index (χ3n) is 3.68. The van der Waals surface area contributed by atoms with Gasteiger partial charge in [0.25, 0.3) is 0 Å². The fraction of sp³-hybridized carbons (Fsp3) is 0.400. The van der Waals surface area contributed by atoms with Crippen molar-refractivity contribution < 1.29 is 4.74 Å². The van der Waals surface area contributed by atoms with Crippen LogP contribution in [0.1, 0.15) is 12.8 Å². The number of nitrogens with two attached hydrogens (primary N) is 1. The molecule has 1 aliphatic rings. The van der Waals surface area contributed by atoms with Crippen molar-refractivity contribution >= 4 is 16.5 Å². The van der Waals surface area contributed by atoms with E-state index in [2.05, 4.69) is 9.88 Å². The number of aromatic nitrogens is 1. The molecule has 0 spiro atoms. The molecule has 3 rings (SSSR count). The normalized spacial score (nSPS) is 16.0. The SMILES string of the molecule is Nc1ccc(OCCN2CCCC2)c2ccncc12. The van der Waals surface area contributed by atoms with Crippen LogP contribution in [0.3, 0.4) is 0 Å². The third kappa shape index (κ3) is 2.63. The van der Waals surface area contributed by atoms with Crippen LogP contribution in [0.15, 0.2) is 30.6 Å². The number of pyridine rings is 1. The molecule has 1 aliphatic heterocycles. The van der Waals surface area contributed by atoms with Gasteiger partial charge < -0.3 is 10.5 Å². The van der Waals surface area contributed by atoms with Crippen LogP contribution in [0.5, 0.6) is 5.75 Å². The van der Waals surface area contributed by atoms with Crippen LogP contribution in [-0.4, -0.2) is 36.1 Å². The predicted molar refractivity (Wildman–Crippen MR) is 77.3 cm³/mol. The summed E-state index contributed by atoms with van der Waals surface area (Å²) in [5.74, 6) is 0.894. The van der Waals surface area contributed by atoms with Gasteiger partial charge in [-0.25, -0.2) is 0 Å². The molecule has 2 aromatic rings. The highest BCUT2D eigenvalue weighted by Gasteiger charge is 2.11. The van der Waals surface area contributed by atoms with Gasteiger partial charge in [0.2, 0.25) is 0 Å². The average molecular weight is 257 g/mol. The minimum atomic E-state index is 0.724. The van der Waals surface area contributed by atoms with Gasteiger partial charge in [-0.3, -0.25) is 9.88 Å². The zero-order valence-electron chi connectivity index (χ0n) is 11.0. The molecule has 1 aromatic carbocycles. The Labute approximate surface area is 113 Å². The molecule has 2 N–H and O–H groups in total. The lowest BCUT2D eigenvalue weighted by Gasteiger charge is -2.16. The van der Waals surface area contributed by atoms with Crippen molar-refractivity contribution in [2.75, 3.05) is 32.0 Å². The van der Waals surface area contributed by atoms with E-state index < -0.39 is 0 Å². The van der Waals surface area contributed by atoms with E-state index in [9.17, 15) is 0 Å². The van der Waals surface area contributed by atoms with Gasteiger partial charge in [0.15, 0.2) is 0 Å². The van der Waals surface area contributed by atoms with E-state index in [1.165, 1.54) is 25.9 Å². The minimum Gasteiger partial charge on any atom is -0.492 e. The Morgan fingerprint density at radius 3 is 2.84 bits per heavy atom. The van der Waals surface area contributed by atoms with E-state index in [0.29, 0.717) is 0 Å². The van der Waals surface area contributed by atoms with Crippen molar-refractivity contribution in [3.05, 3.63) is 30.6 Å². The first kappa shape index (κ1) is 12.2. The molecule has 1 fully saturated rings. The van der Waals surface area contributed by atoms with Crippen LogP contribution in [-0.2, 0) is 0 Å². The summed E-state index contributed by atoms with van der Waals surface area (Å²) in [5.41, 5.74) is 6.69. The number of benzene rings is 1. The Kier molecular flexibility index (Phi) is 3.51. The van der Waals surface area contributed by atoms with Gasteiger partial charge in [-0.05, 0) is 44.1 Å². The fourth-order valence-corrected chi connectivity index (χ4v) is 2.60. The number of nitrogen functional groups attached to an aromatic ring is 1. The Hall–Kier alpha value is -1.81. The molecule has 0 atom stereocenters. The molecule has 100 valence electrons. The van der Waals surface area contributed by atoms with E-state index >= 15 is 0 Å². The van der Waals surface area contributed by atoms with Crippen LogP contribution in [0, 0.1) is 0 Å². The standard InChI is InChI=1S/C15H19N3O/c16-14-3-4-15(12-5-6-17-11-13(12)14)19-10-9-18-7-1-2-8-18/h3-6,11H,1-2,7-10,16H2. The monoisotopic (exact) mass is 257 g/mol. The van der Waals surface area contributed by atoms with Crippen LogP contribution in [0.25, 0.3) is 10.8 Å². The number of nitrogens with zero attached hydrogens (tertiary/aromatic N) is 2. The number of anilines is 1. The zero-order valence-corrected chi connectivity index (χ0v) is 11.0. The molecular weight excluding hydrogens is 238 g/mol. The smallest absolute Gasteiger partial charge is 0.127 e. The van der Waals surface area contributed by atoms with Gasteiger partial charge >= 0.3 is 0 Å². The number of hydrogen-bond acceptors (Lipinski definition) is 4. The topological polar surface area (TPSA) is 51.4 Å². The number of hydrogen-bond donors (Lipinski definition) is 1. The van der Waals surface area contributed by atoms with Crippen LogP contribution >= 0.6 is 0 Å². The van der Waals surface area contributed by atoms with E-state index in [0.717, 1.165) is 35.4 Å². The lowest BCUT2D eigenvalue weighted by atomic mass is 10.1. The van der Waals surface area contributed by atoms with Crippen molar-refractivity contribution in [1.29, 1.82) is 0 Å². The van der Waals surface area contributed by atoms with Crippen LogP contribution in [0.4, 0.5) is 5.69 Å². The Morgan fingerprint density at radius 2 is 2.00 bits per heavy atom. The Bertz CT molecular complexity index is 564. The Balaban J connectivity index is 1.72. The van der Waals surface area contributed by atoms with Gasteiger partial charge in [0.1, 0.15) is 12.4 Å². The number of likely N-dealkylation sites (tertiary alicyclic amines) is 1. The Morgan fingerprint density at radius 1 is 1.16 bits per heavy atom. The second kappa shape index (κ2) is 5.45. The maximum Gasteiger partial charge on any atom is 0.127 e. The first-order chi connectivity index (χ1) is 9.34. The predicted octanol–water partition coefficient (Wildman–Crippen LogP) is 2.29. The summed E-state index contributed by atoms with van der Waals surface area (Å²) in [5, 5.41) is 2.00. The van der Waals surface area contributed by atoms with Crippen molar-refractivity contribution in [3.8, 4) is 5.75 Å². The summed E-state index contributed by atoms with van der Waals surface area (Å²) >= 11 is 0. The summed E-state index contributed by atoms with van der Waals surface area (Å²) in [6.07, 6.45) is 6.19. The summed E-state index contributed by atoms with van der Waals surface area (Å²) in [7, 11) is 0. The van der Waals surface area contributed by atoms with Crippen molar-refractivity contribution in [3.63, 3.8) is 0 Å². The molecule has 1 aromatic heterocycles. The molecule has 0 saturated carbocycles. The van der Waals surface area contributed by atoms with E-state index in [4.69, 9.17) is 10.5 Å². The van der Waals surface area contributed by atoms with E-state index in [-0.39, 0.29) is 0 Å². The van der Waals surface area contributed by atoms with Gasteiger partial charge in [0, 0.05) is 35.4 Å². The second-order valence-electron chi connectivity index (χ2n) is 4.97. The number of rotatable bonds is 4. The highest BCUT2D eigenvalue weighted by atomic mass is 16.5. The molecule has 0 amide bonds. The van der Waals surface area contributed by atoms with Gasteiger partial charge in [-0.15, -0.1) is 0 Å². The highest BCUT2D eigenvalue weighted by molar-refractivity contribution is 5.96. The molecule has 19 heavy (non-hydrogen) atoms. The molecule has 0 aliphatic carbocycles. The summed E-state index contributed by atoms with van der Waals surface area (Å²) < 4.78 is 5.91. The first-order valence-electron chi connectivity index (χ1n) is 6.82. The maximum absolute atomic E-state index is 5.95. The molecule has 1 saturated heterocycles. The van der Waals surface area contributed by atoms with Gasteiger partial charge in [-0.1, -0.05) is 0 Å². The molecular formula is C15H19N3O. The van der Waals surface area contributed by atoms with Crippen molar-refractivity contribution in [1.82, 2.24) is 9.88 Å². The molecule has 0 bridgehead atoms. The third-order valence-corrected chi connectivity index (χ3v) is 3.68. The second-order valence-corrected chi connectivity index (χ2v) is 4.97. The van der Waals surface area contributed by atoms with E-state index in [1.807, 2.05) is 18.2 Å². The van der Waals surface area contributed by atoms with Gasteiger partial charge in [-0.2, -0.15) is 0 Å². The lowest BCUT2D eigenvalue weighted by Crippen LogP contribution is -2.25. The zero-order chi connectivity index (χ0) is 13.1. The number of ether oxygens (including phenoxy) is 1. The fourth-order valence-electron chi connectivity index (χ4n) is 2.60. The quantitative estimate of drug-likeness (QED) is 0.854. The molecule has 2 heterocycles. The molecule has 4 nitrogen and oxygen atoms in total. The average Bonchev–Trinajstić information content (AvgIpc) is 2.95. The maximum atomic E-state index is 5.95. The first-order valence-corrected chi connectivity index (χ1v) is 6.82. The largest absolute Gasteiger partial charge is 0.492 e. The molecule has 0 radical (unpaired) electrons. The molecule has 4 heteroatoms. The van der Waals surface area contributed by atoms with Crippen LogP contribution < -0.4 is 10.5 Å². The highest BCUT2D eigenvalue weighted by Crippen LogP contribution is 2.29. The summed E-state index contributed by atoms with van der Waals surface area (Å²) in [4.78, 5) is 6.56. The van der Waals surface area contributed by atoms with E-state index in [1.54, 1.807) is 12.4 Å². The summed E-state index contributed by atoms with van der Waals surface area (Å²) in [6.45, 7) is 4.13. The van der Waals surface area contributed by atoms with Crippen LogP contribution in [0.2, 0.25) is 0 Å². The lowest BCUT2D eigenvalue weighted by molar-refractivity contribution is 0.239. The number of fused-ring (bicyclic) bond motifs is 1.